The number of carbonyl (C=O) groups excluding carboxylic acids is 1. The van der Waals surface area contributed by atoms with Crippen LogP contribution in [-0.2, 0) is 17.6 Å². The third-order valence-electron chi connectivity index (χ3n) is 4.37. The fourth-order valence-electron chi connectivity index (χ4n) is 3.51. The molecule has 0 radical (unpaired) electrons. The first-order chi connectivity index (χ1) is 10.1. The molecule has 21 heavy (non-hydrogen) atoms. The van der Waals surface area contributed by atoms with E-state index in [1.807, 2.05) is 0 Å². The molecule has 0 bridgehead atoms. The topological polar surface area (TPSA) is 44.8 Å². The molecule has 0 fully saturated rings. The molecule has 2 heterocycles. The smallest absolute Gasteiger partial charge is 0.168 e. The first-order valence-electron chi connectivity index (χ1n) is 7.59. The summed E-state index contributed by atoms with van der Waals surface area (Å²) >= 11 is 0. The van der Waals surface area contributed by atoms with Gasteiger partial charge < -0.3 is 19.0 Å². The summed E-state index contributed by atoms with van der Waals surface area (Å²) in [6, 6.07) is 0. The van der Waals surface area contributed by atoms with Gasteiger partial charge in [-0.2, -0.15) is 0 Å². The minimum absolute atomic E-state index is 0.134. The molecule has 2 aliphatic heterocycles. The lowest BCUT2D eigenvalue weighted by molar-refractivity contribution is -0.108. The van der Waals surface area contributed by atoms with Gasteiger partial charge in [-0.15, -0.1) is 0 Å². The first-order valence-corrected chi connectivity index (χ1v) is 7.59. The maximum Gasteiger partial charge on any atom is 0.168 e. The van der Waals surface area contributed by atoms with E-state index in [1.54, 1.807) is 7.11 Å². The van der Waals surface area contributed by atoms with Crippen LogP contribution in [0.15, 0.2) is 0 Å². The van der Waals surface area contributed by atoms with Gasteiger partial charge in [-0.05, 0) is 19.8 Å². The Balaban J connectivity index is 2.22. The third kappa shape index (κ3) is 2.17. The van der Waals surface area contributed by atoms with Crippen LogP contribution >= 0.6 is 0 Å². The summed E-state index contributed by atoms with van der Waals surface area (Å²) in [5.41, 5.74) is 3.38. The second-order valence-electron chi connectivity index (χ2n) is 6.13. The van der Waals surface area contributed by atoms with Crippen molar-refractivity contribution in [1.82, 2.24) is 0 Å². The lowest BCUT2D eigenvalue weighted by atomic mass is 9.88. The molecule has 0 amide bonds. The Morgan fingerprint density at radius 1 is 1.19 bits per heavy atom. The lowest BCUT2D eigenvalue weighted by Gasteiger charge is -2.20. The van der Waals surface area contributed by atoms with Gasteiger partial charge in [0.1, 0.15) is 24.2 Å². The molecule has 0 aromatic heterocycles. The van der Waals surface area contributed by atoms with Crippen molar-refractivity contribution < 1.29 is 19.0 Å². The molecule has 4 heteroatoms. The molecule has 0 saturated carbocycles. The van der Waals surface area contributed by atoms with Crippen LogP contribution in [0.2, 0.25) is 0 Å². The average Bonchev–Trinajstić information content (AvgIpc) is 2.97. The number of benzene rings is 1. The Morgan fingerprint density at radius 2 is 1.81 bits per heavy atom. The van der Waals surface area contributed by atoms with Crippen molar-refractivity contribution in [2.45, 2.75) is 58.2 Å². The molecule has 3 rings (SSSR count). The maximum absolute atomic E-state index is 10.9. The highest BCUT2D eigenvalue weighted by Crippen LogP contribution is 2.53. The highest BCUT2D eigenvalue weighted by molar-refractivity contribution is 5.68. The molecule has 3 unspecified atom stereocenters. The standard InChI is InChI=1S/C17H22O4/c1-9(5-6-18)14-12-7-10(2)21-17(12)16(19-4)13-8-11(3)20-15(13)14/h6,9-11H,5,7-8H2,1-4H3. The molecule has 1 aromatic rings. The second-order valence-corrected chi connectivity index (χ2v) is 6.13. The van der Waals surface area contributed by atoms with Crippen LogP contribution in [0.4, 0.5) is 0 Å². The number of hydrogen-bond acceptors (Lipinski definition) is 4. The monoisotopic (exact) mass is 290 g/mol. The average molecular weight is 290 g/mol. The highest BCUT2D eigenvalue weighted by Gasteiger charge is 2.37. The molecule has 1 aromatic carbocycles. The number of fused-ring (bicyclic) bond motifs is 2. The second kappa shape index (κ2) is 5.24. The van der Waals surface area contributed by atoms with Gasteiger partial charge in [0.2, 0.25) is 0 Å². The van der Waals surface area contributed by atoms with E-state index in [0.717, 1.165) is 53.1 Å². The van der Waals surface area contributed by atoms with Crippen LogP contribution in [0.3, 0.4) is 0 Å². The van der Waals surface area contributed by atoms with Gasteiger partial charge >= 0.3 is 0 Å². The summed E-state index contributed by atoms with van der Waals surface area (Å²) in [5.74, 6) is 2.73. The van der Waals surface area contributed by atoms with E-state index in [1.165, 1.54) is 0 Å². The highest BCUT2D eigenvalue weighted by atomic mass is 16.5. The predicted octanol–water partition coefficient (Wildman–Crippen LogP) is 3.03. The van der Waals surface area contributed by atoms with E-state index >= 15 is 0 Å². The van der Waals surface area contributed by atoms with Crippen LogP contribution in [0.1, 0.15) is 49.8 Å². The fraction of sp³-hybridized carbons (Fsp3) is 0.588. The van der Waals surface area contributed by atoms with Crippen LogP contribution < -0.4 is 14.2 Å². The molecular formula is C17H22O4. The van der Waals surface area contributed by atoms with Gasteiger partial charge in [0, 0.05) is 36.0 Å². The SMILES string of the molecule is COc1c2c(c(C(C)CC=O)c3c1OC(C)C3)OC(C)C2. The Kier molecular flexibility index (Phi) is 3.56. The zero-order valence-electron chi connectivity index (χ0n) is 13.1. The fourth-order valence-corrected chi connectivity index (χ4v) is 3.51. The number of aldehydes is 1. The number of rotatable bonds is 4. The van der Waals surface area contributed by atoms with Gasteiger partial charge in [0.25, 0.3) is 0 Å². The predicted molar refractivity (Wildman–Crippen MR) is 79.7 cm³/mol. The Hall–Kier alpha value is -1.71. The Morgan fingerprint density at radius 3 is 2.43 bits per heavy atom. The largest absolute Gasteiger partial charge is 0.492 e. The quantitative estimate of drug-likeness (QED) is 0.800. The van der Waals surface area contributed by atoms with Crippen LogP contribution in [0.5, 0.6) is 17.2 Å². The molecule has 4 nitrogen and oxygen atoms in total. The number of ether oxygens (including phenoxy) is 3. The van der Waals surface area contributed by atoms with E-state index < -0.39 is 0 Å². The van der Waals surface area contributed by atoms with Gasteiger partial charge in [-0.25, -0.2) is 0 Å². The molecule has 114 valence electrons. The van der Waals surface area contributed by atoms with E-state index in [0.29, 0.717) is 6.42 Å². The number of carbonyl (C=O) groups is 1. The van der Waals surface area contributed by atoms with E-state index in [9.17, 15) is 4.79 Å². The molecule has 2 aliphatic rings. The third-order valence-corrected chi connectivity index (χ3v) is 4.37. The summed E-state index contributed by atoms with van der Waals surface area (Å²) in [6.07, 6.45) is 3.41. The van der Waals surface area contributed by atoms with Crippen molar-refractivity contribution in [3.05, 3.63) is 16.7 Å². The summed E-state index contributed by atoms with van der Waals surface area (Å²) in [4.78, 5) is 10.9. The Bertz CT molecular complexity index is 540. The normalized spacial score (nSPS) is 23.8. The van der Waals surface area contributed by atoms with Gasteiger partial charge in [0.05, 0.1) is 7.11 Å². The molecular weight excluding hydrogens is 268 g/mol. The Labute approximate surface area is 125 Å². The maximum atomic E-state index is 10.9. The summed E-state index contributed by atoms with van der Waals surface area (Å²) < 4.78 is 17.7. The van der Waals surface area contributed by atoms with Gasteiger partial charge in [-0.3, -0.25) is 0 Å². The van der Waals surface area contributed by atoms with Crippen molar-refractivity contribution in [2.75, 3.05) is 7.11 Å². The zero-order chi connectivity index (χ0) is 15.1. The van der Waals surface area contributed by atoms with Gasteiger partial charge in [0.15, 0.2) is 11.5 Å². The van der Waals surface area contributed by atoms with Crippen LogP contribution in [-0.4, -0.2) is 25.6 Å². The molecule has 0 aliphatic carbocycles. The number of hydrogen-bond donors (Lipinski definition) is 0. The minimum Gasteiger partial charge on any atom is -0.492 e. The van der Waals surface area contributed by atoms with Crippen molar-refractivity contribution >= 4 is 6.29 Å². The summed E-state index contributed by atoms with van der Waals surface area (Å²) in [5, 5.41) is 0. The molecule has 3 atom stereocenters. The summed E-state index contributed by atoms with van der Waals surface area (Å²) in [6.45, 7) is 6.19. The minimum atomic E-state index is 0.134. The van der Waals surface area contributed by atoms with Crippen LogP contribution in [0.25, 0.3) is 0 Å². The molecule has 0 spiro atoms. The van der Waals surface area contributed by atoms with E-state index in [2.05, 4.69) is 20.8 Å². The van der Waals surface area contributed by atoms with Crippen molar-refractivity contribution in [3.8, 4) is 17.2 Å². The van der Waals surface area contributed by atoms with Crippen LogP contribution in [0, 0.1) is 0 Å². The van der Waals surface area contributed by atoms with E-state index in [-0.39, 0.29) is 18.1 Å². The molecule has 0 N–H and O–H groups in total. The first kappa shape index (κ1) is 14.2. The van der Waals surface area contributed by atoms with Gasteiger partial charge in [-0.1, -0.05) is 6.92 Å². The van der Waals surface area contributed by atoms with Crippen molar-refractivity contribution in [2.24, 2.45) is 0 Å². The molecule has 0 saturated heterocycles. The summed E-state index contributed by atoms with van der Waals surface area (Å²) in [7, 11) is 1.68. The lowest BCUT2D eigenvalue weighted by Crippen LogP contribution is -2.09. The van der Waals surface area contributed by atoms with E-state index in [4.69, 9.17) is 14.2 Å². The van der Waals surface area contributed by atoms with Crippen molar-refractivity contribution in [3.63, 3.8) is 0 Å². The number of methoxy groups -OCH3 is 1. The zero-order valence-corrected chi connectivity index (χ0v) is 13.1. The van der Waals surface area contributed by atoms with Crippen molar-refractivity contribution in [1.29, 1.82) is 0 Å².